The van der Waals surface area contributed by atoms with E-state index >= 15 is 0 Å². The van der Waals surface area contributed by atoms with Gasteiger partial charge in [-0.3, -0.25) is 9.59 Å². The SMILES string of the molecule is COc1cc(C2C3=C(CC(C)(C)CC3=O)N(c3ccc(Br)cc3)C3=C2C(=O)CC(C)(C)C3)cc(Cl)c1OC. The first kappa shape index (κ1) is 27.0. The molecule has 0 aromatic heterocycles. The predicted molar refractivity (Wildman–Crippen MR) is 154 cm³/mol. The number of ether oxygens (including phenoxy) is 2. The monoisotopic (exact) mass is 597 g/mol. The first-order valence-electron chi connectivity index (χ1n) is 12.9. The van der Waals surface area contributed by atoms with Crippen LogP contribution in [0.3, 0.4) is 0 Å². The van der Waals surface area contributed by atoms with Crippen molar-refractivity contribution < 1.29 is 19.1 Å². The van der Waals surface area contributed by atoms with Crippen molar-refractivity contribution in [1.82, 2.24) is 0 Å². The fourth-order valence-electron chi connectivity index (χ4n) is 6.30. The zero-order valence-corrected chi connectivity index (χ0v) is 25.0. The molecule has 1 heterocycles. The molecule has 7 heteroatoms. The average Bonchev–Trinajstić information content (AvgIpc) is 2.81. The Balaban J connectivity index is 1.84. The third kappa shape index (κ3) is 4.60. The zero-order chi connectivity index (χ0) is 27.6. The minimum absolute atomic E-state index is 0.0680. The number of allylic oxidation sites excluding steroid dienone is 4. The number of methoxy groups -OCH3 is 2. The van der Waals surface area contributed by atoms with Crippen LogP contribution in [0.5, 0.6) is 11.5 Å². The van der Waals surface area contributed by atoms with Crippen LogP contribution >= 0.6 is 27.5 Å². The quantitative estimate of drug-likeness (QED) is 0.357. The van der Waals surface area contributed by atoms with Crippen molar-refractivity contribution in [2.75, 3.05) is 19.1 Å². The van der Waals surface area contributed by atoms with Crippen LogP contribution in [0.25, 0.3) is 0 Å². The molecule has 0 spiro atoms. The first-order valence-corrected chi connectivity index (χ1v) is 14.0. The van der Waals surface area contributed by atoms with Gasteiger partial charge in [-0.1, -0.05) is 55.2 Å². The molecule has 0 saturated carbocycles. The summed E-state index contributed by atoms with van der Waals surface area (Å²) in [7, 11) is 3.10. The Morgan fingerprint density at radius 1 is 0.842 bits per heavy atom. The molecule has 2 aliphatic carbocycles. The molecule has 0 N–H and O–H groups in total. The molecule has 3 aliphatic rings. The van der Waals surface area contributed by atoms with E-state index in [1.54, 1.807) is 14.2 Å². The lowest BCUT2D eigenvalue weighted by Gasteiger charge is -2.49. The van der Waals surface area contributed by atoms with E-state index in [2.05, 4.69) is 48.5 Å². The average molecular weight is 599 g/mol. The lowest BCUT2D eigenvalue weighted by atomic mass is 9.63. The molecule has 0 fully saturated rings. The highest BCUT2D eigenvalue weighted by Gasteiger charge is 2.49. The molecular formula is C31H33BrClNO4. The van der Waals surface area contributed by atoms with Crippen molar-refractivity contribution in [2.24, 2.45) is 10.8 Å². The Morgan fingerprint density at radius 3 is 1.84 bits per heavy atom. The number of hydrogen-bond acceptors (Lipinski definition) is 5. The van der Waals surface area contributed by atoms with Gasteiger partial charge < -0.3 is 14.4 Å². The first-order chi connectivity index (χ1) is 17.9. The second-order valence-electron chi connectivity index (χ2n) is 12.1. The summed E-state index contributed by atoms with van der Waals surface area (Å²) in [5.74, 6) is 0.524. The maximum atomic E-state index is 14.0. The molecule has 0 atom stereocenters. The van der Waals surface area contributed by atoms with Gasteiger partial charge in [-0.15, -0.1) is 0 Å². The van der Waals surface area contributed by atoms with Crippen LogP contribution in [0.2, 0.25) is 5.02 Å². The van der Waals surface area contributed by atoms with Crippen LogP contribution in [0.4, 0.5) is 5.69 Å². The minimum atomic E-state index is -0.517. The number of ketones is 2. The van der Waals surface area contributed by atoms with E-state index in [0.717, 1.165) is 27.1 Å². The Kier molecular flexibility index (Phi) is 6.80. The number of carbonyl (C=O) groups excluding carboxylic acids is 2. The molecule has 0 saturated heterocycles. The summed E-state index contributed by atoms with van der Waals surface area (Å²) in [6.07, 6.45) is 2.26. The highest BCUT2D eigenvalue weighted by Crippen LogP contribution is 2.56. The highest BCUT2D eigenvalue weighted by atomic mass is 79.9. The molecule has 1 aliphatic heterocycles. The maximum absolute atomic E-state index is 14.0. The summed E-state index contributed by atoms with van der Waals surface area (Å²) in [5.41, 5.74) is 4.59. The van der Waals surface area contributed by atoms with E-state index in [1.165, 1.54) is 0 Å². The second-order valence-corrected chi connectivity index (χ2v) is 13.4. The summed E-state index contributed by atoms with van der Waals surface area (Å²) in [5, 5.41) is 0.383. The largest absolute Gasteiger partial charge is 0.493 e. The van der Waals surface area contributed by atoms with Crippen molar-refractivity contribution in [3.63, 3.8) is 0 Å². The molecule has 5 rings (SSSR count). The van der Waals surface area contributed by atoms with Gasteiger partial charge in [0.25, 0.3) is 0 Å². The smallest absolute Gasteiger partial charge is 0.179 e. The van der Waals surface area contributed by atoms with Gasteiger partial charge in [-0.2, -0.15) is 0 Å². The molecule has 0 unspecified atom stereocenters. The third-order valence-corrected chi connectivity index (χ3v) is 8.59. The normalized spacial score (nSPS) is 20.9. The molecule has 0 amide bonds. The number of halogens is 2. The van der Waals surface area contributed by atoms with Gasteiger partial charge in [-0.05, 0) is 65.6 Å². The molecular weight excluding hydrogens is 566 g/mol. The maximum Gasteiger partial charge on any atom is 0.179 e. The molecule has 0 bridgehead atoms. The summed E-state index contributed by atoms with van der Waals surface area (Å²) < 4.78 is 12.1. The lowest BCUT2D eigenvalue weighted by molar-refractivity contribution is -0.119. The summed E-state index contributed by atoms with van der Waals surface area (Å²) >= 11 is 10.2. The van der Waals surface area contributed by atoms with Crippen LogP contribution in [-0.2, 0) is 9.59 Å². The van der Waals surface area contributed by atoms with Crippen LogP contribution < -0.4 is 14.4 Å². The lowest BCUT2D eigenvalue weighted by Crippen LogP contribution is -2.44. The van der Waals surface area contributed by atoms with Gasteiger partial charge in [0.1, 0.15) is 0 Å². The van der Waals surface area contributed by atoms with Gasteiger partial charge >= 0.3 is 0 Å². The van der Waals surface area contributed by atoms with Gasteiger partial charge in [0.2, 0.25) is 0 Å². The van der Waals surface area contributed by atoms with Crippen LogP contribution in [0.15, 0.2) is 63.4 Å². The Labute approximate surface area is 238 Å². The van der Waals surface area contributed by atoms with Crippen molar-refractivity contribution in [2.45, 2.75) is 59.3 Å². The predicted octanol–water partition coefficient (Wildman–Crippen LogP) is 8.01. The van der Waals surface area contributed by atoms with E-state index in [4.69, 9.17) is 21.1 Å². The van der Waals surface area contributed by atoms with E-state index in [0.29, 0.717) is 53.4 Å². The summed E-state index contributed by atoms with van der Waals surface area (Å²) in [6.45, 7) is 8.54. The van der Waals surface area contributed by atoms with E-state index in [9.17, 15) is 9.59 Å². The number of Topliss-reactive ketones (excluding diaryl/α,β-unsaturated/α-hetero) is 2. The Hall–Kier alpha value is -2.57. The summed E-state index contributed by atoms with van der Waals surface area (Å²) in [6, 6.07) is 11.8. The van der Waals surface area contributed by atoms with Crippen molar-refractivity contribution in [3.8, 4) is 11.5 Å². The van der Waals surface area contributed by atoms with Crippen molar-refractivity contribution >= 4 is 44.8 Å². The fourth-order valence-corrected chi connectivity index (χ4v) is 6.87. The fraction of sp³-hybridized carbons (Fsp3) is 0.419. The molecule has 0 radical (unpaired) electrons. The number of rotatable bonds is 4. The molecule has 2 aromatic rings. The summed E-state index contributed by atoms with van der Waals surface area (Å²) in [4.78, 5) is 30.2. The standard InChI is InChI=1S/C31H33BrClNO4/c1-30(2)13-21-27(23(35)15-30)26(17-11-20(33)29(38-6)25(12-17)37-5)28-22(14-31(3,4)16-24(28)36)34(21)19-9-7-18(32)8-10-19/h7-12,26H,13-16H2,1-6H3. The topological polar surface area (TPSA) is 55.8 Å². The Bertz CT molecular complexity index is 1350. The Morgan fingerprint density at radius 2 is 1.37 bits per heavy atom. The van der Waals surface area contributed by atoms with Gasteiger partial charge in [0.15, 0.2) is 23.1 Å². The molecule has 2 aromatic carbocycles. The third-order valence-electron chi connectivity index (χ3n) is 7.78. The van der Waals surface area contributed by atoms with Gasteiger partial charge in [0.05, 0.1) is 19.2 Å². The second kappa shape index (κ2) is 9.56. The van der Waals surface area contributed by atoms with E-state index in [1.807, 2.05) is 36.4 Å². The van der Waals surface area contributed by atoms with E-state index in [-0.39, 0.29) is 22.4 Å². The number of benzene rings is 2. The van der Waals surface area contributed by atoms with Crippen molar-refractivity contribution in [3.05, 3.63) is 74.0 Å². The number of anilines is 1. The molecule has 38 heavy (non-hydrogen) atoms. The van der Waals surface area contributed by atoms with E-state index < -0.39 is 5.92 Å². The minimum Gasteiger partial charge on any atom is -0.493 e. The van der Waals surface area contributed by atoms with Gasteiger partial charge in [0, 0.05) is 51.5 Å². The van der Waals surface area contributed by atoms with Gasteiger partial charge in [-0.25, -0.2) is 0 Å². The van der Waals surface area contributed by atoms with Crippen LogP contribution in [0, 0.1) is 10.8 Å². The number of nitrogens with zero attached hydrogens (tertiary/aromatic N) is 1. The molecule has 200 valence electrons. The van der Waals surface area contributed by atoms with Crippen LogP contribution in [-0.4, -0.2) is 25.8 Å². The zero-order valence-electron chi connectivity index (χ0n) is 22.7. The van der Waals surface area contributed by atoms with Crippen LogP contribution in [0.1, 0.15) is 64.9 Å². The highest BCUT2D eigenvalue weighted by molar-refractivity contribution is 9.10. The number of carbonyl (C=O) groups is 2. The molecule has 5 nitrogen and oxygen atoms in total. The van der Waals surface area contributed by atoms with Crippen molar-refractivity contribution in [1.29, 1.82) is 0 Å². The number of hydrogen-bond donors (Lipinski definition) is 0.